The molecule has 0 aliphatic heterocycles. The van der Waals surface area contributed by atoms with Crippen LogP contribution in [0.2, 0.25) is 0 Å². The summed E-state index contributed by atoms with van der Waals surface area (Å²) in [6.07, 6.45) is 3.63. The average Bonchev–Trinajstić information content (AvgIpc) is 2.61. The van der Waals surface area contributed by atoms with Gasteiger partial charge in [0.25, 0.3) is 5.91 Å². The zero-order chi connectivity index (χ0) is 16.2. The van der Waals surface area contributed by atoms with Gasteiger partial charge in [0.1, 0.15) is 5.03 Å². The van der Waals surface area contributed by atoms with E-state index in [1.807, 2.05) is 37.4 Å². The number of thioether (sulfide) groups is 1. The lowest BCUT2D eigenvalue weighted by molar-refractivity contribution is 0.0936. The largest absolute Gasteiger partial charge is 0.345 e. The van der Waals surface area contributed by atoms with Gasteiger partial charge in [-0.05, 0) is 41.6 Å². The number of carbonyl (C=O) groups excluding carboxylic acids is 1. The highest BCUT2D eigenvalue weighted by atomic mass is 32.2. The van der Waals surface area contributed by atoms with Gasteiger partial charge >= 0.3 is 0 Å². The van der Waals surface area contributed by atoms with E-state index in [-0.39, 0.29) is 11.9 Å². The standard InChI is InChI=1S/C19H18N2OS/c1-13(15-10-5-8-14-7-3-4-9-16(14)15)21-18(22)17-11-6-12-20-19(17)23-2/h3-13H,1-2H3,(H,21,22). The molecule has 2 aromatic carbocycles. The third kappa shape index (κ3) is 3.22. The molecular weight excluding hydrogens is 304 g/mol. The second-order valence-electron chi connectivity index (χ2n) is 5.32. The summed E-state index contributed by atoms with van der Waals surface area (Å²) in [5.41, 5.74) is 1.73. The Bertz CT molecular complexity index is 842. The van der Waals surface area contributed by atoms with Gasteiger partial charge in [0, 0.05) is 6.20 Å². The fraction of sp³-hybridized carbons (Fsp3) is 0.158. The Kier molecular flexibility index (Phi) is 4.63. The molecule has 0 aliphatic rings. The molecule has 3 rings (SSSR count). The van der Waals surface area contributed by atoms with Gasteiger partial charge in [0.2, 0.25) is 0 Å². The van der Waals surface area contributed by atoms with Gasteiger partial charge in [-0.3, -0.25) is 4.79 Å². The number of rotatable bonds is 4. The number of benzene rings is 2. The van der Waals surface area contributed by atoms with E-state index >= 15 is 0 Å². The van der Waals surface area contributed by atoms with E-state index in [9.17, 15) is 4.79 Å². The topological polar surface area (TPSA) is 42.0 Å². The maximum Gasteiger partial charge on any atom is 0.254 e. The van der Waals surface area contributed by atoms with Crippen LogP contribution in [0.25, 0.3) is 10.8 Å². The molecule has 1 N–H and O–H groups in total. The van der Waals surface area contributed by atoms with Crippen LogP contribution in [0.15, 0.2) is 65.8 Å². The Morgan fingerprint density at radius 2 is 1.87 bits per heavy atom. The van der Waals surface area contributed by atoms with Gasteiger partial charge in [-0.15, -0.1) is 11.8 Å². The van der Waals surface area contributed by atoms with Gasteiger partial charge in [-0.2, -0.15) is 0 Å². The van der Waals surface area contributed by atoms with E-state index in [1.165, 1.54) is 22.5 Å². The van der Waals surface area contributed by atoms with Gasteiger partial charge in [0.05, 0.1) is 11.6 Å². The first kappa shape index (κ1) is 15.6. The summed E-state index contributed by atoms with van der Waals surface area (Å²) < 4.78 is 0. The average molecular weight is 322 g/mol. The summed E-state index contributed by atoms with van der Waals surface area (Å²) in [5, 5.41) is 6.18. The summed E-state index contributed by atoms with van der Waals surface area (Å²) in [7, 11) is 0. The van der Waals surface area contributed by atoms with Crippen LogP contribution in [-0.4, -0.2) is 17.1 Å². The minimum atomic E-state index is -0.0946. The van der Waals surface area contributed by atoms with Crippen molar-refractivity contribution in [2.45, 2.75) is 18.0 Å². The number of hydrogen-bond acceptors (Lipinski definition) is 3. The van der Waals surface area contributed by atoms with Crippen molar-refractivity contribution in [3.63, 3.8) is 0 Å². The predicted octanol–water partition coefficient (Wildman–Crippen LogP) is 4.45. The van der Waals surface area contributed by atoms with E-state index in [0.717, 1.165) is 10.6 Å². The lowest BCUT2D eigenvalue weighted by atomic mass is 9.99. The fourth-order valence-electron chi connectivity index (χ4n) is 2.71. The Balaban J connectivity index is 1.89. The summed E-state index contributed by atoms with van der Waals surface area (Å²) >= 11 is 1.48. The van der Waals surface area contributed by atoms with Crippen LogP contribution in [0.4, 0.5) is 0 Å². The first-order valence-corrected chi connectivity index (χ1v) is 8.70. The van der Waals surface area contributed by atoms with Crippen LogP contribution in [0.1, 0.15) is 28.9 Å². The molecule has 1 heterocycles. The number of amides is 1. The van der Waals surface area contributed by atoms with Crippen LogP contribution in [0, 0.1) is 0 Å². The monoisotopic (exact) mass is 322 g/mol. The van der Waals surface area contributed by atoms with E-state index in [1.54, 1.807) is 12.3 Å². The van der Waals surface area contributed by atoms with Crippen molar-refractivity contribution in [3.8, 4) is 0 Å². The van der Waals surface area contributed by atoms with Crippen molar-refractivity contribution >= 4 is 28.4 Å². The Morgan fingerprint density at radius 1 is 1.09 bits per heavy atom. The number of pyridine rings is 1. The number of nitrogens with one attached hydrogen (secondary N) is 1. The summed E-state index contributed by atoms with van der Waals surface area (Å²) in [6.45, 7) is 2.01. The zero-order valence-corrected chi connectivity index (χ0v) is 13.9. The van der Waals surface area contributed by atoms with Crippen molar-refractivity contribution in [2.75, 3.05) is 6.26 Å². The van der Waals surface area contributed by atoms with Gasteiger partial charge in [-0.1, -0.05) is 42.5 Å². The molecule has 3 aromatic rings. The Morgan fingerprint density at radius 3 is 2.70 bits per heavy atom. The van der Waals surface area contributed by atoms with Gasteiger partial charge in [0.15, 0.2) is 0 Å². The van der Waals surface area contributed by atoms with Crippen LogP contribution in [0.5, 0.6) is 0 Å². The first-order valence-electron chi connectivity index (χ1n) is 7.48. The van der Waals surface area contributed by atoms with E-state index in [4.69, 9.17) is 0 Å². The van der Waals surface area contributed by atoms with Crippen LogP contribution in [0.3, 0.4) is 0 Å². The molecule has 0 spiro atoms. The lowest BCUT2D eigenvalue weighted by Gasteiger charge is -2.17. The summed E-state index contributed by atoms with van der Waals surface area (Å²) in [4.78, 5) is 16.8. The number of carbonyl (C=O) groups is 1. The normalized spacial score (nSPS) is 12.1. The number of hydrogen-bond donors (Lipinski definition) is 1. The molecule has 4 heteroatoms. The molecule has 1 atom stereocenters. The molecule has 23 heavy (non-hydrogen) atoms. The smallest absolute Gasteiger partial charge is 0.254 e. The maximum atomic E-state index is 12.6. The van der Waals surface area contributed by atoms with Crippen molar-refractivity contribution in [3.05, 3.63) is 71.9 Å². The van der Waals surface area contributed by atoms with Gasteiger partial charge < -0.3 is 5.32 Å². The summed E-state index contributed by atoms with van der Waals surface area (Å²) in [6, 6.07) is 17.9. The molecule has 0 aliphatic carbocycles. The van der Waals surface area contributed by atoms with E-state index in [2.05, 4.69) is 34.6 Å². The molecule has 0 saturated carbocycles. The summed E-state index contributed by atoms with van der Waals surface area (Å²) in [5.74, 6) is -0.0946. The molecule has 0 bridgehead atoms. The number of aromatic nitrogens is 1. The van der Waals surface area contributed by atoms with Crippen LogP contribution >= 0.6 is 11.8 Å². The van der Waals surface area contributed by atoms with E-state index in [0.29, 0.717) is 5.56 Å². The van der Waals surface area contributed by atoms with Crippen molar-refractivity contribution < 1.29 is 4.79 Å². The highest BCUT2D eigenvalue weighted by Crippen LogP contribution is 2.25. The van der Waals surface area contributed by atoms with Crippen molar-refractivity contribution in [1.29, 1.82) is 0 Å². The fourth-order valence-corrected chi connectivity index (χ4v) is 3.25. The maximum absolute atomic E-state index is 12.6. The van der Waals surface area contributed by atoms with Crippen LogP contribution < -0.4 is 5.32 Å². The molecule has 0 radical (unpaired) electrons. The Labute approximate surface area is 140 Å². The number of fused-ring (bicyclic) bond motifs is 1. The SMILES string of the molecule is CSc1ncccc1C(=O)NC(C)c1cccc2ccccc12. The van der Waals surface area contributed by atoms with Gasteiger partial charge in [-0.25, -0.2) is 4.98 Å². The molecule has 0 fully saturated rings. The third-order valence-electron chi connectivity index (χ3n) is 3.85. The molecule has 116 valence electrons. The second kappa shape index (κ2) is 6.84. The zero-order valence-electron chi connectivity index (χ0n) is 13.1. The number of nitrogens with zero attached hydrogens (tertiary/aromatic N) is 1. The molecule has 3 nitrogen and oxygen atoms in total. The molecular formula is C19H18N2OS. The quantitative estimate of drug-likeness (QED) is 0.722. The van der Waals surface area contributed by atoms with E-state index < -0.39 is 0 Å². The molecule has 1 amide bonds. The minimum absolute atomic E-state index is 0.0801. The predicted molar refractivity (Wildman–Crippen MR) is 95.8 cm³/mol. The second-order valence-corrected chi connectivity index (χ2v) is 6.12. The first-order chi connectivity index (χ1) is 11.2. The van der Waals surface area contributed by atoms with Crippen molar-refractivity contribution in [2.24, 2.45) is 0 Å². The molecule has 1 unspecified atom stereocenters. The third-order valence-corrected chi connectivity index (χ3v) is 4.56. The van der Waals surface area contributed by atoms with Crippen LogP contribution in [-0.2, 0) is 0 Å². The highest BCUT2D eigenvalue weighted by molar-refractivity contribution is 7.98. The highest BCUT2D eigenvalue weighted by Gasteiger charge is 2.16. The minimum Gasteiger partial charge on any atom is -0.345 e. The Hall–Kier alpha value is -2.33. The molecule has 0 saturated heterocycles. The lowest BCUT2D eigenvalue weighted by Crippen LogP contribution is -2.27. The van der Waals surface area contributed by atoms with Crippen molar-refractivity contribution in [1.82, 2.24) is 10.3 Å². The molecule has 1 aromatic heterocycles.